The summed E-state index contributed by atoms with van der Waals surface area (Å²) in [5, 5.41) is 5.97. The van der Waals surface area contributed by atoms with Gasteiger partial charge in [0.1, 0.15) is 5.75 Å². The molecule has 0 aliphatic rings. The maximum Gasteiger partial charge on any atom is 0.243 e. The van der Waals surface area contributed by atoms with Crippen molar-refractivity contribution in [2.24, 2.45) is 0 Å². The number of nitrogens with one attached hydrogen (secondary N) is 2. The monoisotopic (exact) mass is 366 g/mol. The standard InChI is InChI=1S/C17H16Cl2N2O3/c1-24-15-5-3-2-4-11(15)8-16(22)20-10-17(23)21-14-9-12(18)6-7-13(14)19/h2-7,9H,8,10H2,1H3,(H,20,22)(H,21,23). The molecule has 2 amide bonds. The van der Waals surface area contributed by atoms with Crippen LogP contribution in [-0.4, -0.2) is 25.5 Å². The number of hydrogen-bond donors (Lipinski definition) is 2. The van der Waals surface area contributed by atoms with Gasteiger partial charge in [0.2, 0.25) is 11.8 Å². The molecule has 0 heterocycles. The largest absolute Gasteiger partial charge is 0.496 e. The minimum atomic E-state index is -0.396. The molecule has 24 heavy (non-hydrogen) atoms. The Labute approximate surface area is 149 Å². The van der Waals surface area contributed by atoms with Gasteiger partial charge < -0.3 is 15.4 Å². The zero-order valence-electron chi connectivity index (χ0n) is 12.9. The van der Waals surface area contributed by atoms with Crippen molar-refractivity contribution in [1.29, 1.82) is 0 Å². The van der Waals surface area contributed by atoms with Gasteiger partial charge in [-0.15, -0.1) is 0 Å². The van der Waals surface area contributed by atoms with E-state index in [1.807, 2.05) is 12.1 Å². The molecular weight excluding hydrogens is 351 g/mol. The number of rotatable bonds is 6. The molecule has 2 aromatic carbocycles. The average molecular weight is 367 g/mol. The van der Waals surface area contributed by atoms with Crippen molar-refractivity contribution in [3.63, 3.8) is 0 Å². The molecule has 0 fully saturated rings. The quantitative estimate of drug-likeness (QED) is 0.823. The summed E-state index contributed by atoms with van der Waals surface area (Å²) >= 11 is 11.8. The first-order valence-electron chi connectivity index (χ1n) is 7.13. The molecule has 2 rings (SSSR count). The van der Waals surface area contributed by atoms with Crippen molar-refractivity contribution in [3.05, 3.63) is 58.1 Å². The lowest BCUT2D eigenvalue weighted by atomic mass is 10.1. The van der Waals surface area contributed by atoms with Crippen LogP contribution in [0.3, 0.4) is 0 Å². The zero-order valence-corrected chi connectivity index (χ0v) is 14.4. The van der Waals surface area contributed by atoms with E-state index < -0.39 is 5.91 Å². The van der Waals surface area contributed by atoms with Gasteiger partial charge in [-0.3, -0.25) is 9.59 Å². The Bertz CT molecular complexity index is 750. The van der Waals surface area contributed by atoms with Gasteiger partial charge in [-0.1, -0.05) is 41.4 Å². The summed E-state index contributed by atoms with van der Waals surface area (Å²) in [5.74, 6) is -0.0535. The highest BCUT2D eigenvalue weighted by atomic mass is 35.5. The summed E-state index contributed by atoms with van der Waals surface area (Å²) in [6.07, 6.45) is 0.120. The molecular formula is C17H16Cl2N2O3. The predicted octanol–water partition coefficient (Wildman–Crippen LogP) is 3.30. The third kappa shape index (κ3) is 5.15. The zero-order chi connectivity index (χ0) is 17.5. The third-order valence-electron chi connectivity index (χ3n) is 3.19. The molecule has 0 saturated heterocycles. The van der Waals surface area contributed by atoms with E-state index in [0.717, 1.165) is 5.56 Å². The van der Waals surface area contributed by atoms with Crippen molar-refractivity contribution in [3.8, 4) is 5.75 Å². The van der Waals surface area contributed by atoms with Gasteiger partial charge in [-0.05, 0) is 24.3 Å². The van der Waals surface area contributed by atoms with Gasteiger partial charge in [0.05, 0.1) is 30.8 Å². The first-order valence-corrected chi connectivity index (χ1v) is 7.88. The van der Waals surface area contributed by atoms with Crippen molar-refractivity contribution in [2.45, 2.75) is 6.42 Å². The molecule has 0 atom stereocenters. The molecule has 0 saturated carbocycles. The number of para-hydroxylation sites is 1. The van der Waals surface area contributed by atoms with Gasteiger partial charge in [-0.25, -0.2) is 0 Å². The summed E-state index contributed by atoms with van der Waals surface area (Å²) in [5.41, 5.74) is 1.14. The van der Waals surface area contributed by atoms with Gasteiger partial charge >= 0.3 is 0 Å². The van der Waals surface area contributed by atoms with E-state index in [-0.39, 0.29) is 18.9 Å². The lowest BCUT2D eigenvalue weighted by molar-refractivity contribution is -0.123. The van der Waals surface area contributed by atoms with Crippen molar-refractivity contribution in [2.75, 3.05) is 19.0 Å². The van der Waals surface area contributed by atoms with E-state index in [1.54, 1.807) is 37.4 Å². The van der Waals surface area contributed by atoms with E-state index in [4.69, 9.17) is 27.9 Å². The molecule has 0 aromatic heterocycles. The Kier molecular flexibility index (Phi) is 6.46. The number of methoxy groups -OCH3 is 1. The second kappa shape index (κ2) is 8.57. The number of hydrogen-bond acceptors (Lipinski definition) is 3. The Hall–Kier alpha value is -2.24. The topological polar surface area (TPSA) is 67.4 Å². The fourth-order valence-corrected chi connectivity index (χ4v) is 2.39. The van der Waals surface area contributed by atoms with Crippen LogP contribution in [0.15, 0.2) is 42.5 Å². The molecule has 126 valence electrons. The molecule has 2 aromatic rings. The van der Waals surface area contributed by atoms with Gasteiger partial charge in [0, 0.05) is 10.6 Å². The molecule has 0 aliphatic carbocycles. The van der Waals surface area contributed by atoms with E-state index in [0.29, 0.717) is 21.5 Å². The first kappa shape index (κ1) is 18.1. The van der Waals surface area contributed by atoms with Crippen LogP contribution in [0.1, 0.15) is 5.56 Å². The number of carbonyl (C=O) groups excluding carboxylic acids is 2. The normalized spacial score (nSPS) is 10.1. The van der Waals surface area contributed by atoms with Gasteiger partial charge in [0.25, 0.3) is 0 Å². The molecule has 7 heteroatoms. The number of benzene rings is 2. The fourth-order valence-electron chi connectivity index (χ4n) is 2.05. The minimum Gasteiger partial charge on any atom is -0.496 e. The van der Waals surface area contributed by atoms with Gasteiger partial charge in [0.15, 0.2) is 0 Å². The molecule has 0 aliphatic heterocycles. The number of amides is 2. The maximum absolute atomic E-state index is 12.0. The summed E-state index contributed by atoms with van der Waals surface area (Å²) in [4.78, 5) is 23.9. The predicted molar refractivity (Wildman–Crippen MR) is 94.8 cm³/mol. The lowest BCUT2D eigenvalue weighted by Gasteiger charge is -2.10. The van der Waals surface area contributed by atoms with Crippen molar-refractivity contribution >= 4 is 40.7 Å². The molecule has 0 unspecified atom stereocenters. The van der Waals surface area contributed by atoms with Crippen LogP contribution in [-0.2, 0) is 16.0 Å². The number of halogens is 2. The minimum absolute atomic E-state index is 0.120. The van der Waals surface area contributed by atoms with Crippen LogP contribution in [0.5, 0.6) is 5.75 Å². The first-order chi connectivity index (χ1) is 11.5. The highest BCUT2D eigenvalue weighted by molar-refractivity contribution is 6.35. The second-order valence-corrected chi connectivity index (χ2v) is 5.78. The summed E-state index contributed by atoms with van der Waals surface area (Å²) in [6, 6.07) is 12.0. The Morgan fingerprint density at radius 3 is 2.58 bits per heavy atom. The lowest BCUT2D eigenvalue weighted by Crippen LogP contribution is -2.33. The Morgan fingerprint density at radius 2 is 1.83 bits per heavy atom. The molecule has 0 bridgehead atoms. The van der Waals surface area contributed by atoms with Crippen LogP contribution >= 0.6 is 23.2 Å². The fraction of sp³-hybridized carbons (Fsp3) is 0.176. The molecule has 5 nitrogen and oxygen atoms in total. The van der Waals surface area contributed by atoms with Crippen LogP contribution in [0.4, 0.5) is 5.69 Å². The Balaban J connectivity index is 1.87. The smallest absolute Gasteiger partial charge is 0.243 e. The SMILES string of the molecule is COc1ccccc1CC(=O)NCC(=O)Nc1cc(Cl)ccc1Cl. The summed E-state index contributed by atoms with van der Waals surface area (Å²) < 4.78 is 5.19. The van der Waals surface area contributed by atoms with E-state index in [9.17, 15) is 9.59 Å². The van der Waals surface area contributed by atoms with Crippen LogP contribution in [0, 0.1) is 0 Å². The van der Waals surface area contributed by atoms with Crippen LogP contribution < -0.4 is 15.4 Å². The van der Waals surface area contributed by atoms with E-state index >= 15 is 0 Å². The van der Waals surface area contributed by atoms with E-state index in [1.165, 1.54) is 0 Å². The van der Waals surface area contributed by atoms with E-state index in [2.05, 4.69) is 10.6 Å². The maximum atomic E-state index is 12.0. The number of carbonyl (C=O) groups is 2. The van der Waals surface area contributed by atoms with Crippen LogP contribution in [0.25, 0.3) is 0 Å². The Morgan fingerprint density at radius 1 is 1.08 bits per heavy atom. The average Bonchev–Trinajstić information content (AvgIpc) is 2.57. The number of anilines is 1. The van der Waals surface area contributed by atoms with Crippen molar-refractivity contribution in [1.82, 2.24) is 5.32 Å². The summed E-state index contributed by atoms with van der Waals surface area (Å²) in [7, 11) is 1.54. The van der Waals surface area contributed by atoms with Gasteiger partial charge in [-0.2, -0.15) is 0 Å². The molecule has 2 N–H and O–H groups in total. The molecule has 0 radical (unpaired) electrons. The summed E-state index contributed by atoms with van der Waals surface area (Å²) in [6.45, 7) is -0.170. The highest BCUT2D eigenvalue weighted by Crippen LogP contribution is 2.25. The van der Waals surface area contributed by atoms with Crippen molar-refractivity contribution < 1.29 is 14.3 Å². The third-order valence-corrected chi connectivity index (χ3v) is 3.76. The van der Waals surface area contributed by atoms with Crippen LogP contribution in [0.2, 0.25) is 10.0 Å². The number of ether oxygens (including phenoxy) is 1. The second-order valence-electron chi connectivity index (χ2n) is 4.94. The molecule has 0 spiro atoms. The highest BCUT2D eigenvalue weighted by Gasteiger charge is 2.11.